The summed E-state index contributed by atoms with van der Waals surface area (Å²) in [7, 11) is 1.56. The normalized spacial score (nSPS) is 10.2. The highest BCUT2D eigenvalue weighted by molar-refractivity contribution is 8.00. The van der Waals surface area contributed by atoms with E-state index in [9.17, 15) is 9.18 Å². The molecule has 0 saturated carbocycles. The molecule has 0 aromatic heterocycles. The number of thioether (sulfide) groups is 1. The van der Waals surface area contributed by atoms with Gasteiger partial charge in [-0.2, -0.15) is 0 Å². The van der Waals surface area contributed by atoms with Crippen LogP contribution in [-0.2, 0) is 4.79 Å². The van der Waals surface area contributed by atoms with Gasteiger partial charge >= 0.3 is 0 Å². The van der Waals surface area contributed by atoms with E-state index in [1.54, 1.807) is 37.4 Å². The van der Waals surface area contributed by atoms with E-state index in [0.29, 0.717) is 11.4 Å². The van der Waals surface area contributed by atoms with Crippen LogP contribution in [0.4, 0.5) is 15.8 Å². The van der Waals surface area contributed by atoms with Crippen molar-refractivity contribution in [3.63, 3.8) is 0 Å². The molecule has 0 bridgehead atoms. The molecule has 2 aromatic rings. The second kappa shape index (κ2) is 6.99. The Morgan fingerprint density at radius 2 is 2.10 bits per heavy atom. The second-order valence-electron chi connectivity index (χ2n) is 4.22. The summed E-state index contributed by atoms with van der Waals surface area (Å²) in [4.78, 5) is 12.6. The summed E-state index contributed by atoms with van der Waals surface area (Å²) >= 11 is 1.27. The standard InChI is InChI=1S/C15H15FN2O2S/c1-20-10-6-7-12(17)14(8-10)21-9-15(19)18-13-5-3-2-4-11(13)16/h2-8H,9,17H2,1H3,(H,18,19). The minimum atomic E-state index is -0.461. The van der Waals surface area contributed by atoms with Gasteiger partial charge in [0, 0.05) is 10.6 Å². The van der Waals surface area contributed by atoms with Gasteiger partial charge in [0.05, 0.1) is 18.6 Å². The van der Waals surface area contributed by atoms with Crippen LogP contribution in [0.3, 0.4) is 0 Å². The predicted molar refractivity (Wildman–Crippen MR) is 83.2 cm³/mol. The van der Waals surface area contributed by atoms with Crippen LogP contribution in [0.2, 0.25) is 0 Å². The number of halogens is 1. The number of carbonyl (C=O) groups is 1. The van der Waals surface area contributed by atoms with Gasteiger partial charge in [-0.25, -0.2) is 4.39 Å². The third kappa shape index (κ3) is 4.13. The average molecular weight is 306 g/mol. The van der Waals surface area contributed by atoms with Crippen molar-refractivity contribution in [1.82, 2.24) is 0 Å². The number of carbonyl (C=O) groups excluding carboxylic acids is 1. The van der Waals surface area contributed by atoms with E-state index in [2.05, 4.69) is 5.32 Å². The molecule has 0 aliphatic heterocycles. The molecule has 2 aromatic carbocycles. The molecular weight excluding hydrogens is 291 g/mol. The van der Waals surface area contributed by atoms with Crippen LogP contribution in [0.25, 0.3) is 0 Å². The van der Waals surface area contributed by atoms with Gasteiger partial charge in [-0.15, -0.1) is 11.8 Å². The van der Waals surface area contributed by atoms with Crippen LogP contribution >= 0.6 is 11.8 Å². The Kier molecular flexibility index (Phi) is 5.05. The van der Waals surface area contributed by atoms with Crippen molar-refractivity contribution < 1.29 is 13.9 Å². The molecule has 2 rings (SSSR count). The molecule has 1 amide bonds. The molecule has 0 aliphatic rings. The summed E-state index contributed by atoms with van der Waals surface area (Å²) in [5.41, 5.74) is 6.58. The zero-order chi connectivity index (χ0) is 15.2. The Morgan fingerprint density at radius 1 is 1.33 bits per heavy atom. The lowest BCUT2D eigenvalue weighted by atomic mass is 10.3. The smallest absolute Gasteiger partial charge is 0.234 e. The van der Waals surface area contributed by atoms with Crippen molar-refractivity contribution in [1.29, 1.82) is 0 Å². The lowest BCUT2D eigenvalue weighted by Crippen LogP contribution is -2.15. The number of methoxy groups -OCH3 is 1. The minimum Gasteiger partial charge on any atom is -0.497 e. The number of ether oxygens (including phenoxy) is 1. The summed E-state index contributed by atoms with van der Waals surface area (Å²) in [6, 6.07) is 11.3. The number of anilines is 2. The first-order valence-corrected chi connectivity index (χ1v) is 7.19. The fraction of sp³-hybridized carbons (Fsp3) is 0.133. The Balaban J connectivity index is 1.97. The zero-order valence-electron chi connectivity index (χ0n) is 11.4. The monoisotopic (exact) mass is 306 g/mol. The van der Waals surface area contributed by atoms with Crippen LogP contribution in [0, 0.1) is 5.82 Å². The van der Waals surface area contributed by atoms with E-state index in [0.717, 1.165) is 4.90 Å². The van der Waals surface area contributed by atoms with E-state index in [-0.39, 0.29) is 17.3 Å². The Bertz CT molecular complexity index is 649. The zero-order valence-corrected chi connectivity index (χ0v) is 12.2. The fourth-order valence-corrected chi connectivity index (χ4v) is 2.45. The van der Waals surface area contributed by atoms with Crippen molar-refractivity contribution in [2.75, 3.05) is 23.9 Å². The van der Waals surface area contributed by atoms with E-state index in [1.807, 2.05) is 0 Å². The van der Waals surface area contributed by atoms with Crippen molar-refractivity contribution in [2.45, 2.75) is 4.90 Å². The highest BCUT2D eigenvalue weighted by atomic mass is 32.2. The van der Waals surface area contributed by atoms with E-state index in [1.165, 1.54) is 23.9 Å². The summed E-state index contributed by atoms with van der Waals surface area (Å²) < 4.78 is 18.5. The molecular formula is C15H15FN2O2S. The van der Waals surface area contributed by atoms with Crippen molar-refractivity contribution >= 4 is 29.0 Å². The lowest BCUT2D eigenvalue weighted by molar-refractivity contribution is -0.113. The summed E-state index contributed by atoms with van der Waals surface area (Å²) in [6.45, 7) is 0. The number of amides is 1. The third-order valence-corrected chi connectivity index (χ3v) is 3.80. The van der Waals surface area contributed by atoms with Crippen LogP contribution < -0.4 is 15.8 Å². The van der Waals surface area contributed by atoms with Gasteiger partial charge in [0.15, 0.2) is 0 Å². The first-order chi connectivity index (χ1) is 10.1. The fourth-order valence-electron chi connectivity index (χ4n) is 1.66. The summed E-state index contributed by atoms with van der Waals surface area (Å²) in [6.07, 6.45) is 0. The van der Waals surface area contributed by atoms with E-state index < -0.39 is 5.82 Å². The average Bonchev–Trinajstić information content (AvgIpc) is 2.49. The second-order valence-corrected chi connectivity index (χ2v) is 5.24. The van der Waals surface area contributed by atoms with E-state index >= 15 is 0 Å². The van der Waals surface area contributed by atoms with Crippen molar-refractivity contribution in [3.05, 3.63) is 48.3 Å². The van der Waals surface area contributed by atoms with Crippen molar-refractivity contribution in [3.8, 4) is 5.75 Å². The first kappa shape index (κ1) is 15.2. The Hall–Kier alpha value is -2.21. The van der Waals surface area contributed by atoms with Gasteiger partial charge in [-0.1, -0.05) is 12.1 Å². The lowest BCUT2D eigenvalue weighted by Gasteiger charge is -2.09. The van der Waals surface area contributed by atoms with Gasteiger partial charge in [-0.3, -0.25) is 4.79 Å². The number of para-hydroxylation sites is 1. The number of nitrogens with two attached hydrogens (primary N) is 1. The third-order valence-electron chi connectivity index (χ3n) is 2.73. The number of rotatable bonds is 5. The molecule has 0 spiro atoms. The number of nitrogens with one attached hydrogen (secondary N) is 1. The molecule has 6 heteroatoms. The molecule has 0 radical (unpaired) electrons. The molecule has 0 heterocycles. The number of benzene rings is 2. The molecule has 21 heavy (non-hydrogen) atoms. The molecule has 4 nitrogen and oxygen atoms in total. The topological polar surface area (TPSA) is 64.3 Å². The first-order valence-electron chi connectivity index (χ1n) is 6.21. The Labute approximate surface area is 126 Å². The highest BCUT2D eigenvalue weighted by Gasteiger charge is 2.09. The maximum Gasteiger partial charge on any atom is 0.234 e. The molecule has 0 atom stereocenters. The van der Waals surface area contributed by atoms with Crippen LogP contribution in [0.15, 0.2) is 47.4 Å². The summed E-state index contributed by atoms with van der Waals surface area (Å²) in [5, 5.41) is 2.52. The van der Waals surface area contributed by atoms with Crippen molar-refractivity contribution in [2.24, 2.45) is 0 Å². The minimum absolute atomic E-state index is 0.131. The van der Waals surface area contributed by atoms with Gasteiger partial charge in [0.25, 0.3) is 0 Å². The highest BCUT2D eigenvalue weighted by Crippen LogP contribution is 2.29. The molecule has 0 unspecified atom stereocenters. The molecule has 110 valence electrons. The predicted octanol–water partition coefficient (Wildman–Crippen LogP) is 3.15. The van der Waals surface area contributed by atoms with Gasteiger partial charge in [0.1, 0.15) is 11.6 Å². The number of hydrogen-bond acceptors (Lipinski definition) is 4. The van der Waals surface area contributed by atoms with Gasteiger partial charge in [0.2, 0.25) is 5.91 Å². The molecule has 0 fully saturated rings. The maximum atomic E-state index is 13.4. The van der Waals surface area contributed by atoms with Gasteiger partial charge < -0.3 is 15.8 Å². The quantitative estimate of drug-likeness (QED) is 0.658. The van der Waals surface area contributed by atoms with Crippen LogP contribution in [0.5, 0.6) is 5.75 Å². The van der Waals surface area contributed by atoms with Crippen LogP contribution in [0.1, 0.15) is 0 Å². The maximum absolute atomic E-state index is 13.4. The van der Waals surface area contributed by atoms with E-state index in [4.69, 9.17) is 10.5 Å². The largest absolute Gasteiger partial charge is 0.497 e. The SMILES string of the molecule is COc1ccc(N)c(SCC(=O)Nc2ccccc2F)c1. The van der Waals surface area contributed by atoms with Gasteiger partial charge in [-0.05, 0) is 30.3 Å². The number of nitrogen functional groups attached to an aromatic ring is 1. The molecule has 0 saturated heterocycles. The Morgan fingerprint density at radius 3 is 2.81 bits per heavy atom. The molecule has 0 aliphatic carbocycles. The summed E-state index contributed by atoms with van der Waals surface area (Å²) in [5.74, 6) is 0.0383. The molecule has 3 N–H and O–H groups in total. The van der Waals surface area contributed by atoms with Crippen LogP contribution in [-0.4, -0.2) is 18.8 Å². The number of hydrogen-bond donors (Lipinski definition) is 2.